The van der Waals surface area contributed by atoms with Gasteiger partial charge in [-0.15, -0.1) is 11.3 Å². The molecule has 266 valence electrons. The van der Waals surface area contributed by atoms with E-state index in [2.05, 4.69) is 10.6 Å². The minimum Gasteiger partial charge on any atom is -0.497 e. The number of hydrogen-bond donors (Lipinski definition) is 3. The number of aliphatic carboxylic acids is 1. The number of allylic oxidation sites excluding steroid dienone is 1. The van der Waals surface area contributed by atoms with Crippen LogP contribution in [0.1, 0.15) is 71.8 Å². The van der Waals surface area contributed by atoms with Crippen LogP contribution in [0.5, 0.6) is 5.75 Å². The maximum absolute atomic E-state index is 14.4. The molecule has 0 radical (unpaired) electrons. The molecule has 2 aromatic heterocycles. The first kappa shape index (κ1) is 35.1. The van der Waals surface area contributed by atoms with Gasteiger partial charge in [0.05, 0.1) is 18.0 Å². The van der Waals surface area contributed by atoms with Crippen LogP contribution in [0.25, 0.3) is 21.8 Å². The monoisotopic (exact) mass is 704 g/mol. The summed E-state index contributed by atoms with van der Waals surface area (Å²) in [6.45, 7) is 5.31. The second-order valence-corrected chi connectivity index (χ2v) is 15.1. The molecule has 13 nitrogen and oxygen atoms in total. The lowest BCUT2D eigenvalue weighted by molar-refractivity contribution is -0.145. The molecule has 0 spiro atoms. The van der Waals surface area contributed by atoms with Crippen molar-refractivity contribution in [2.45, 2.75) is 95.0 Å². The Morgan fingerprint density at radius 2 is 1.84 bits per heavy atom. The van der Waals surface area contributed by atoms with Gasteiger partial charge in [0.25, 0.3) is 0 Å². The second-order valence-electron chi connectivity index (χ2n) is 14.2. The summed E-state index contributed by atoms with van der Waals surface area (Å²) in [5.41, 5.74) is -0.100. The molecule has 2 fully saturated rings. The van der Waals surface area contributed by atoms with Crippen molar-refractivity contribution in [3.05, 3.63) is 53.9 Å². The second kappa shape index (κ2) is 14.3. The Bertz CT molecular complexity index is 1750. The summed E-state index contributed by atoms with van der Waals surface area (Å²) < 4.78 is 10.8. The minimum atomic E-state index is -1.44. The highest BCUT2D eigenvalue weighted by Crippen LogP contribution is 2.46. The number of hydrogen-bond acceptors (Lipinski definition) is 9. The zero-order chi connectivity index (χ0) is 35.6. The van der Waals surface area contributed by atoms with E-state index in [1.54, 1.807) is 32.7 Å². The number of carbonyl (C=O) groups excluding carboxylic acids is 3. The molecule has 3 amide bonds. The number of aromatic nitrogens is 3. The molecule has 3 aromatic rings. The molecule has 3 aliphatic rings. The van der Waals surface area contributed by atoms with Crippen molar-refractivity contribution >= 4 is 35.2 Å². The van der Waals surface area contributed by atoms with Crippen LogP contribution < -0.4 is 15.4 Å². The van der Waals surface area contributed by atoms with Crippen molar-refractivity contribution in [2.75, 3.05) is 13.7 Å². The number of benzene rings is 1. The number of nitrogens with one attached hydrogen (secondary N) is 2. The van der Waals surface area contributed by atoms with Crippen LogP contribution in [0.4, 0.5) is 4.79 Å². The number of nitrogens with zero attached hydrogens (tertiary/aromatic N) is 4. The average Bonchev–Trinajstić information content (AvgIpc) is 3.52. The van der Waals surface area contributed by atoms with Crippen LogP contribution >= 0.6 is 11.3 Å². The molecule has 6 rings (SSSR count). The van der Waals surface area contributed by atoms with Gasteiger partial charge in [0.2, 0.25) is 11.8 Å². The van der Waals surface area contributed by atoms with Crippen LogP contribution in [-0.2, 0) is 19.1 Å². The fourth-order valence-corrected chi connectivity index (χ4v) is 7.41. The number of amides is 3. The van der Waals surface area contributed by atoms with E-state index in [0.29, 0.717) is 30.0 Å². The number of methoxy groups -OCH3 is 1. The lowest BCUT2D eigenvalue weighted by Crippen LogP contribution is -2.56. The van der Waals surface area contributed by atoms with E-state index in [-0.39, 0.29) is 25.3 Å². The molecule has 14 heteroatoms. The molecule has 1 saturated carbocycles. The van der Waals surface area contributed by atoms with E-state index in [1.807, 2.05) is 53.9 Å². The molecule has 0 bridgehead atoms. The molecular weight excluding hydrogens is 660 g/mol. The normalized spacial score (nSPS) is 25.8. The third kappa shape index (κ3) is 7.54. The molecule has 0 unspecified atom stereocenters. The Labute approximate surface area is 295 Å². The van der Waals surface area contributed by atoms with Gasteiger partial charge in [-0.3, -0.25) is 9.59 Å². The van der Waals surface area contributed by atoms with E-state index in [4.69, 9.17) is 19.7 Å². The predicted molar refractivity (Wildman–Crippen MR) is 186 cm³/mol. The predicted octanol–water partition coefficient (Wildman–Crippen LogP) is 5.20. The molecule has 2 aliphatic heterocycles. The first-order valence-electron chi connectivity index (χ1n) is 17.1. The molecule has 50 heavy (non-hydrogen) atoms. The van der Waals surface area contributed by atoms with Gasteiger partial charge >= 0.3 is 12.1 Å². The van der Waals surface area contributed by atoms with E-state index >= 15 is 0 Å². The van der Waals surface area contributed by atoms with Crippen molar-refractivity contribution in [3.8, 4) is 27.6 Å². The molecule has 1 aliphatic carbocycles. The van der Waals surface area contributed by atoms with Crippen LogP contribution in [0, 0.1) is 5.92 Å². The highest BCUT2D eigenvalue weighted by molar-refractivity contribution is 7.13. The Hall–Kier alpha value is -4.72. The maximum Gasteiger partial charge on any atom is 0.408 e. The third-order valence-electron chi connectivity index (χ3n) is 9.40. The number of carboxylic acids is 1. The molecular formula is C36H44N6O7S. The van der Waals surface area contributed by atoms with E-state index in [0.717, 1.165) is 29.7 Å². The minimum absolute atomic E-state index is 0.0768. The highest BCUT2D eigenvalue weighted by Gasteiger charge is 2.61. The number of fused-ring (bicyclic) bond motifs is 2. The van der Waals surface area contributed by atoms with Crippen molar-refractivity contribution < 1.29 is 33.8 Å². The zero-order valence-corrected chi connectivity index (χ0v) is 29.6. The molecule has 1 saturated heterocycles. The number of thiophene rings is 1. The SMILES string of the molecule is COc1ccc(-c2nn([C@H]3C[C@H]4C(=O)N[C@]5(C(=O)O)C[C@H]5C=CCCCCC[C@H](NC(=O)OC(C)(C)C)C(=O)N4C3)nc2-c2cccs2)cc1. The standard InChI is InChI=1S/C36H44N6O7S/c1-35(2,3)49-34(47)37-26-12-9-7-5-6-8-11-23-20-36(23,33(45)46)38-31(43)27-19-24(21-41(27)32(26)44)42-39-29(22-14-16-25(48-4)17-15-22)30(40-42)28-13-10-18-50-28/h8,10-11,13-18,23-24,26-27H,5-7,9,12,19-21H2,1-4H3,(H,37,47)(H,38,43)(H,45,46)/t23-,24+,26+,27+,36-/m1/s1. The van der Waals surface area contributed by atoms with Crippen LogP contribution in [0.2, 0.25) is 0 Å². The summed E-state index contributed by atoms with van der Waals surface area (Å²) in [4.78, 5) is 57.9. The topological polar surface area (TPSA) is 165 Å². The fourth-order valence-electron chi connectivity index (χ4n) is 6.70. The Kier molecular flexibility index (Phi) is 10.0. The quantitative estimate of drug-likeness (QED) is 0.293. The Morgan fingerprint density at radius 3 is 2.52 bits per heavy atom. The number of ether oxygens (including phenoxy) is 2. The summed E-state index contributed by atoms with van der Waals surface area (Å²) in [7, 11) is 1.60. The largest absolute Gasteiger partial charge is 0.497 e. The van der Waals surface area contributed by atoms with Crippen molar-refractivity contribution in [1.82, 2.24) is 30.5 Å². The lowest BCUT2D eigenvalue weighted by Gasteiger charge is -2.30. The van der Waals surface area contributed by atoms with Crippen LogP contribution in [0.3, 0.4) is 0 Å². The summed E-state index contributed by atoms with van der Waals surface area (Å²) in [5.74, 6) is -1.76. The van der Waals surface area contributed by atoms with Gasteiger partial charge in [0, 0.05) is 24.4 Å². The third-order valence-corrected chi connectivity index (χ3v) is 10.3. The summed E-state index contributed by atoms with van der Waals surface area (Å²) in [6, 6.07) is 8.89. The maximum atomic E-state index is 14.4. The average molecular weight is 705 g/mol. The fraction of sp³-hybridized carbons (Fsp3) is 0.500. The summed E-state index contributed by atoms with van der Waals surface area (Å²) in [5, 5.41) is 27.6. The van der Waals surface area contributed by atoms with Gasteiger partial charge in [0.1, 0.15) is 40.4 Å². The zero-order valence-electron chi connectivity index (χ0n) is 28.8. The summed E-state index contributed by atoms with van der Waals surface area (Å²) >= 11 is 1.52. The molecule has 5 atom stereocenters. The lowest BCUT2D eigenvalue weighted by atomic mass is 10.0. The van der Waals surface area contributed by atoms with Gasteiger partial charge in [-0.05, 0) is 82.2 Å². The van der Waals surface area contributed by atoms with E-state index in [1.165, 1.54) is 16.2 Å². The molecule has 3 N–H and O–H groups in total. The Morgan fingerprint density at radius 1 is 1.08 bits per heavy atom. The first-order valence-corrected chi connectivity index (χ1v) is 17.9. The van der Waals surface area contributed by atoms with Gasteiger partial charge in [0.15, 0.2) is 0 Å². The number of carbonyl (C=O) groups is 4. The van der Waals surface area contributed by atoms with Gasteiger partial charge in [-0.1, -0.05) is 31.1 Å². The molecule has 1 aromatic carbocycles. The van der Waals surface area contributed by atoms with Crippen molar-refractivity contribution in [1.29, 1.82) is 0 Å². The highest BCUT2D eigenvalue weighted by atomic mass is 32.1. The molecule has 4 heterocycles. The van der Waals surface area contributed by atoms with Gasteiger partial charge < -0.3 is 30.1 Å². The smallest absolute Gasteiger partial charge is 0.408 e. The number of alkyl carbamates (subject to hydrolysis) is 1. The first-order chi connectivity index (χ1) is 23.9. The van der Waals surface area contributed by atoms with Crippen molar-refractivity contribution in [2.24, 2.45) is 5.92 Å². The van der Waals surface area contributed by atoms with Gasteiger partial charge in [-0.25, -0.2) is 9.59 Å². The number of rotatable bonds is 6. The number of carboxylic acid groups (broad SMARTS) is 1. The van der Waals surface area contributed by atoms with Crippen molar-refractivity contribution in [3.63, 3.8) is 0 Å². The van der Waals surface area contributed by atoms with Gasteiger partial charge in [-0.2, -0.15) is 15.0 Å². The summed E-state index contributed by atoms with van der Waals surface area (Å²) in [6.07, 6.45) is 6.94. The van der Waals surface area contributed by atoms with E-state index in [9.17, 15) is 24.3 Å². The van der Waals surface area contributed by atoms with Crippen LogP contribution in [0.15, 0.2) is 53.9 Å². The Balaban J connectivity index is 1.35. The van der Waals surface area contributed by atoms with E-state index < -0.39 is 53.1 Å². The van der Waals surface area contributed by atoms with Crippen LogP contribution in [-0.4, -0.2) is 85.8 Å².